The van der Waals surface area contributed by atoms with Gasteiger partial charge in [0.2, 0.25) is 0 Å². The van der Waals surface area contributed by atoms with Gasteiger partial charge < -0.3 is 10.2 Å². The van der Waals surface area contributed by atoms with Crippen molar-refractivity contribution in [3.63, 3.8) is 0 Å². The maximum atomic E-state index is 4.86. The summed E-state index contributed by atoms with van der Waals surface area (Å²) in [4.78, 5) is 8.80. The van der Waals surface area contributed by atoms with Crippen molar-refractivity contribution in [3.8, 4) is 0 Å². The summed E-state index contributed by atoms with van der Waals surface area (Å²) in [6.07, 6.45) is 6.62. The molecule has 4 heteroatoms. The molecule has 2 rings (SSSR count). The van der Waals surface area contributed by atoms with Gasteiger partial charge in [-0.1, -0.05) is 19.8 Å². The number of nitrogens with one attached hydrogen (secondary N) is 1. The van der Waals surface area contributed by atoms with Crippen LogP contribution in [0.3, 0.4) is 0 Å². The van der Waals surface area contributed by atoms with E-state index in [0.29, 0.717) is 6.04 Å². The fraction of sp³-hybridized carbons (Fsp3) is 0.812. The third-order valence-corrected chi connectivity index (χ3v) is 5.64. The highest BCUT2D eigenvalue weighted by Crippen LogP contribution is 2.34. The Balaban J connectivity index is 2.12. The van der Waals surface area contributed by atoms with E-state index >= 15 is 0 Å². The van der Waals surface area contributed by atoms with E-state index in [4.69, 9.17) is 4.98 Å². The first kappa shape index (κ1) is 15.8. The zero-order valence-electron chi connectivity index (χ0n) is 13.4. The van der Waals surface area contributed by atoms with Crippen LogP contribution < -0.4 is 10.2 Å². The lowest BCUT2D eigenvalue weighted by Crippen LogP contribution is -2.32. The molecule has 20 heavy (non-hydrogen) atoms. The molecule has 0 spiro atoms. The van der Waals surface area contributed by atoms with Crippen molar-refractivity contribution in [2.45, 2.75) is 71.9 Å². The molecule has 1 aromatic heterocycles. The summed E-state index contributed by atoms with van der Waals surface area (Å²) < 4.78 is 0. The first-order valence-electron chi connectivity index (χ1n) is 8.14. The molecule has 0 bridgehead atoms. The molecule has 1 fully saturated rings. The fourth-order valence-electron chi connectivity index (χ4n) is 3.14. The van der Waals surface area contributed by atoms with Crippen molar-refractivity contribution in [1.82, 2.24) is 10.3 Å². The molecule has 1 unspecified atom stereocenters. The minimum Gasteiger partial charge on any atom is -0.345 e. The van der Waals surface area contributed by atoms with E-state index in [0.717, 1.165) is 19.1 Å². The molecule has 1 heterocycles. The molecule has 1 atom stereocenters. The van der Waals surface area contributed by atoms with E-state index in [1.165, 1.54) is 47.8 Å². The van der Waals surface area contributed by atoms with Crippen LogP contribution in [0.2, 0.25) is 0 Å². The van der Waals surface area contributed by atoms with Crippen LogP contribution in [-0.4, -0.2) is 24.1 Å². The molecule has 1 saturated carbocycles. The summed E-state index contributed by atoms with van der Waals surface area (Å²) in [5.74, 6) is 0. The Hall–Kier alpha value is -0.610. The van der Waals surface area contributed by atoms with Crippen molar-refractivity contribution in [1.29, 1.82) is 0 Å². The zero-order valence-corrected chi connectivity index (χ0v) is 14.2. The lowest BCUT2D eigenvalue weighted by Gasteiger charge is -2.27. The molecule has 0 amide bonds. The van der Waals surface area contributed by atoms with Gasteiger partial charge in [0.1, 0.15) is 0 Å². The maximum absolute atomic E-state index is 4.86. The van der Waals surface area contributed by atoms with E-state index < -0.39 is 0 Å². The minimum absolute atomic E-state index is 0.420. The second kappa shape index (κ2) is 7.41. The van der Waals surface area contributed by atoms with Gasteiger partial charge in [0, 0.05) is 23.5 Å². The number of aryl methyl sites for hydroxylation is 1. The lowest BCUT2D eigenvalue weighted by molar-refractivity contribution is 0.575. The molecule has 0 radical (unpaired) electrons. The van der Waals surface area contributed by atoms with Gasteiger partial charge in [-0.15, -0.1) is 11.3 Å². The minimum atomic E-state index is 0.420. The summed E-state index contributed by atoms with van der Waals surface area (Å²) in [5.41, 5.74) is 1.21. The number of rotatable bonds is 7. The molecule has 0 aromatic carbocycles. The van der Waals surface area contributed by atoms with Gasteiger partial charge in [0.25, 0.3) is 0 Å². The Morgan fingerprint density at radius 1 is 1.35 bits per heavy atom. The van der Waals surface area contributed by atoms with Gasteiger partial charge in [-0.3, -0.25) is 0 Å². The number of hydrogen-bond donors (Lipinski definition) is 1. The van der Waals surface area contributed by atoms with E-state index in [1.54, 1.807) is 0 Å². The van der Waals surface area contributed by atoms with Gasteiger partial charge in [-0.25, -0.2) is 4.98 Å². The predicted molar refractivity (Wildman–Crippen MR) is 88.8 cm³/mol. The van der Waals surface area contributed by atoms with Crippen molar-refractivity contribution in [2.75, 3.05) is 18.0 Å². The van der Waals surface area contributed by atoms with Crippen molar-refractivity contribution in [3.05, 3.63) is 10.6 Å². The SMILES string of the molecule is CCCNC(C)c1sc(N(CC)C2CCCC2)nc1C. The second-order valence-electron chi connectivity index (χ2n) is 5.85. The Morgan fingerprint density at radius 3 is 2.65 bits per heavy atom. The van der Waals surface area contributed by atoms with E-state index in [9.17, 15) is 0 Å². The summed E-state index contributed by atoms with van der Waals surface area (Å²) in [6.45, 7) is 11.0. The van der Waals surface area contributed by atoms with Crippen LogP contribution >= 0.6 is 11.3 Å². The highest BCUT2D eigenvalue weighted by Gasteiger charge is 2.25. The Morgan fingerprint density at radius 2 is 2.05 bits per heavy atom. The number of nitrogens with zero attached hydrogens (tertiary/aromatic N) is 2. The molecule has 1 aromatic rings. The van der Waals surface area contributed by atoms with Gasteiger partial charge in [-0.05, 0) is 46.6 Å². The molecule has 0 aliphatic heterocycles. The average Bonchev–Trinajstić information content (AvgIpc) is 3.07. The summed E-state index contributed by atoms with van der Waals surface area (Å²) in [6, 6.07) is 1.14. The molecular weight excluding hydrogens is 266 g/mol. The quantitative estimate of drug-likeness (QED) is 0.813. The first-order valence-corrected chi connectivity index (χ1v) is 8.96. The second-order valence-corrected chi connectivity index (χ2v) is 6.86. The Labute approximate surface area is 127 Å². The standard InChI is InChI=1S/C16H29N3S/c1-5-11-17-12(3)15-13(4)18-16(20-15)19(6-2)14-9-7-8-10-14/h12,14,17H,5-11H2,1-4H3. The number of anilines is 1. The fourth-order valence-corrected chi connectivity index (χ4v) is 4.37. The third kappa shape index (κ3) is 3.53. The average molecular weight is 295 g/mol. The van der Waals surface area contributed by atoms with Crippen LogP contribution in [-0.2, 0) is 0 Å². The van der Waals surface area contributed by atoms with Gasteiger partial charge >= 0.3 is 0 Å². The largest absolute Gasteiger partial charge is 0.345 e. The monoisotopic (exact) mass is 295 g/mol. The molecule has 3 nitrogen and oxygen atoms in total. The molecular formula is C16H29N3S. The highest BCUT2D eigenvalue weighted by atomic mass is 32.1. The molecule has 0 saturated heterocycles. The van der Waals surface area contributed by atoms with E-state index in [1.807, 2.05) is 11.3 Å². The predicted octanol–water partition coefficient (Wildman–Crippen LogP) is 4.28. The van der Waals surface area contributed by atoms with Crippen LogP contribution in [0.1, 0.15) is 69.5 Å². The Bertz CT molecular complexity index is 410. The lowest BCUT2D eigenvalue weighted by atomic mass is 10.2. The first-order chi connectivity index (χ1) is 9.67. The van der Waals surface area contributed by atoms with Gasteiger partial charge in [-0.2, -0.15) is 0 Å². The normalized spacial score (nSPS) is 17.6. The maximum Gasteiger partial charge on any atom is 0.186 e. The van der Waals surface area contributed by atoms with Crippen LogP contribution in [0.25, 0.3) is 0 Å². The van der Waals surface area contributed by atoms with Crippen molar-refractivity contribution in [2.24, 2.45) is 0 Å². The van der Waals surface area contributed by atoms with E-state index in [-0.39, 0.29) is 0 Å². The Kier molecular flexibility index (Phi) is 5.85. The van der Waals surface area contributed by atoms with Crippen LogP contribution in [0, 0.1) is 6.92 Å². The van der Waals surface area contributed by atoms with Crippen molar-refractivity contribution >= 4 is 16.5 Å². The molecule has 114 valence electrons. The number of hydrogen-bond acceptors (Lipinski definition) is 4. The van der Waals surface area contributed by atoms with Gasteiger partial charge in [0.15, 0.2) is 5.13 Å². The molecule has 1 N–H and O–H groups in total. The number of thiazole rings is 1. The highest BCUT2D eigenvalue weighted by molar-refractivity contribution is 7.15. The van der Waals surface area contributed by atoms with Gasteiger partial charge in [0.05, 0.1) is 5.69 Å². The van der Waals surface area contributed by atoms with Crippen LogP contribution in [0.15, 0.2) is 0 Å². The number of aromatic nitrogens is 1. The molecule has 1 aliphatic rings. The summed E-state index contributed by atoms with van der Waals surface area (Å²) in [7, 11) is 0. The molecule has 1 aliphatic carbocycles. The van der Waals surface area contributed by atoms with Crippen molar-refractivity contribution < 1.29 is 0 Å². The summed E-state index contributed by atoms with van der Waals surface area (Å²) in [5, 5.41) is 4.81. The topological polar surface area (TPSA) is 28.2 Å². The smallest absolute Gasteiger partial charge is 0.186 e. The zero-order chi connectivity index (χ0) is 14.5. The van der Waals surface area contributed by atoms with Crippen LogP contribution in [0.5, 0.6) is 0 Å². The van der Waals surface area contributed by atoms with Crippen LogP contribution in [0.4, 0.5) is 5.13 Å². The summed E-state index contributed by atoms with van der Waals surface area (Å²) >= 11 is 1.89. The van der Waals surface area contributed by atoms with E-state index in [2.05, 4.69) is 37.9 Å². The third-order valence-electron chi connectivity index (χ3n) is 4.27.